The van der Waals surface area contributed by atoms with Gasteiger partial charge in [0, 0.05) is 12.4 Å². The lowest BCUT2D eigenvalue weighted by molar-refractivity contribution is -0.141. The molecule has 1 rings (SSSR count). The smallest absolute Gasteiger partial charge is 0.408 e. The third-order valence-corrected chi connectivity index (χ3v) is 2.47. The van der Waals surface area contributed by atoms with Crippen LogP contribution in [0.5, 0.6) is 0 Å². The highest BCUT2D eigenvalue weighted by Gasteiger charge is 2.23. The van der Waals surface area contributed by atoms with Crippen LogP contribution in [0.4, 0.5) is 4.79 Å². The number of nitrogens with one attached hydrogen (secondary N) is 1. The van der Waals surface area contributed by atoms with Gasteiger partial charge in [-0.3, -0.25) is 9.78 Å². The number of carbonyl (C=O) groups is 2. The summed E-state index contributed by atoms with van der Waals surface area (Å²) >= 11 is 0. The van der Waals surface area contributed by atoms with Crippen molar-refractivity contribution in [2.75, 3.05) is 7.11 Å². The summed E-state index contributed by atoms with van der Waals surface area (Å²) in [5, 5.41) is 2.62. The molecule has 1 heterocycles. The minimum absolute atomic E-state index is 0.0408. The van der Waals surface area contributed by atoms with Crippen molar-refractivity contribution in [3.63, 3.8) is 0 Å². The maximum absolute atomic E-state index is 11.9. The van der Waals surface area contributed by atoms with Gasteiger partial charge in [-0.05, 0) is 26.3 Å². The number of nitrogens with zero attached hydrogens (tertiary/aromatic N) is 1. The van der Waals surface area contributed by atoms with Crippen LogP contribution in [0.25, 0.3) is 0 Å². The monoisotopic (exact) mass is 290 g/mol. The molecular weight excluding hydrogens is 271 g/mol. The SMILES string of the molecule is [B]c1cncc([C@H](CC(=O)OC)NC(=O)OC(C)(C)C)c1. The summed E-state index contributed by atoms with van der Waals surface area (Å²) in [7, 11) is 6.95. The number of ether oxygens (including phenoxy) is 2. The normalized spacial score (nSPS) is 12.4. The van der Waals surface area contributed by atoms with E-state index in [2.05, 4.69) is 15.0 Å². The zero-order chi connectivity index (χ0) is 16.0. The van der Waals surface area contributed by atoms with Crippen LogP contribution in [0.2, 0.25) is 0 Å². The maximum atomic E-state index is 11.9. The van der Waals surface area contributed by atoms with Crippen LogP contribution < -0.4 is 10.8 Å². The number of hydrogen-bond acceptors (Lipinski definition) is 5. The van der Waals surface area contributed by atoms with Crippen molar-refractivity contribution in [2.45, 2.75) is 38.8 Å². The quantitative estimate of drug-likeness (QED) is 0.661. The predicted molar refractivity (Wildman–Crippen MR) is 78.4 cm³/mol. The molecule has 7 heteroatoms. The number of alkyl carbamates (subject to hydrolysis) is 1. The molecule has 0 aliphatic heterocycles. The van der Waals surface area contributed by atoms with Gasteiger partial charge in [0.15, 0.2) is 0 Å². The summed E-state index contributed by atoms with van der Waals surface area (Å²) in [5.74, 6) is -0.460. The van der Waals surface area contributed by atoms with Crippen LogP contribution in [0.1, 0.15) is 38.8 Å². The summed E-state index contributed by atoms with van der Waals surface area (Å²) in [6.07, 6.45) is 2.34. The third-order valence-electron chi connectivity index (χ3n) is 2.47. The Kier molecular flexibility index (Phi) is 5.75. The second-order valence-electron chi connectivity index (χ2n) is 5.53. The molecule has 6 nitrogen and oxygen atoms in total. The van der Waals surface area contributed by atoms with Gasteiger partial charge in [-0.1, -0.05) is 11.5 Å². The van der Waals surface area contributed by atoms with Gasteiger partial charge >= 0.3 is 12.1 Å². The molecule has 1 atom stereocenters. The van der Waals surface area contributed by atoms with Gasteiger partial charge < -0.3 is 14.8 Å². The number of rotatable bonds is 4. The second-order valence-corrected chi connectivity index (χ2v) is 5.53. The van der Waals surface area contributed by atoms with Crippen LogP contribution >= 0.6 is 0 Å². The Morgan fingerprint density at radius 3 is 2.57 bits per heavy atom. The van der Waals surface area contributed by atoms with Crippen LogP contribution in [0, 0.1) is 0 Å². The Balaban J connectivity index is 2.87. The average molecular weight is 290 g/mol. The molecule has 1 amide bonds. The largest absolute Gasteiger partial charge is 0.469 e. The highest BCUT2D eigenvalue weighted by Crippen LogP contribution is 2.17. The van der Waals surface area contributed by atoms with Crippen molar-refractivity contribution in [3.05, 3.63) is 24.0 Å². The summed E-state index contributed by atoms with van der Waals surface area (Å²) in [4.78, 5) is 27.3. The Labute approximate surface area is 125 Å². The van der Waals surface area contributed by atoms with Gasteiger partial charge in [0.05, 0.1) is 19.6 Å². The van der Waals surface area contributed by atoms with E-state index in [-0.39, 0.29) is 6.42 Å². The highest BCUT2D eigenvalue weighted by atomic mass is 16.6. The Bertz CT molecular complexity index is 514. The predicted octanol–water partition coefficient (Wildman–Crippen LogP) is 1.00. The fraction of sp³-hybridized carbons (Fsp3) is 0.500. The average Bonchev–Trinajstić information content (AvgIpc) is 2.35. The number of pyridine rings is 1. The molecule has 0 spiro atoms. The van der Waals surface area contributed by atoms with Crippen molar-refractivity contribution in [2.24, 2.45) is 0 Å². The summed E-state index contributed by atoms with van der Waals surface area (Å²) in [6.45, 7) is 5.26. The van der Waals surface area contributed by atoms with Crippen molar-refractivity contribution in [1.82, 2.24) is 10.3 Å². The van der Waals surface area contributed by atoms with E-state index in [0.717, 1.165) is 0 Å². The molecule has 2 radical (unpaired) electrons. The van der Waals surface area contributed by atoms with Crippen molar-refractivity contribution < 1.29 is 19.1 Å². The van der Waals surface area contributed by atoms with E-state index >= 15 is 0 Å². The minimum atomic E-state index is -0.631. The molecule has 0 aliphatic rings. The molecule has 0 unspecified atom stereocenters. The van der Waals surface area contributed by atoms with Crippen LogP contribution in [0.3, 0.4) is 0 Å². The van der Waals surface area contributed by atoms with Gasteiger partial charge in [0.2, 0.25) is 0 Å². The molecule has 0 aliphatic carbocycles. The number of hydrogen-bond donors (Lipinski definition) is 1. The first-order valence-corrected chi connectivity index (χ1v) is 6.48. The third kappa shape index (κ3) is 6.29. The Morgan fingerprint density at radius 2 is 2.05 bits per heavy atom. The molecule has 21 heavy (non-hydrogen) atoms. The topological polar surface area (TPSA) is 77.5 Å². The van der Waals surface area contributed by atoms with Crippen molar-refractivity contribution in [3.8, 4) is 0 Å². The van der Waals surface area contributed by atoms with E-state index < -0.39 is 23.7 Å². The Hall–Kier alpha value is -2.05. The van der Waals surface area contributed by atoms with Gasteiger partial charge in [-0.2, -0.15) is 0 Å². The van der Waals surface area contributed by atoms with Gasteiger partial charge in [-0.15, -0.1) is 0 Å². The molecule has 1 N–H and O–H groups in total. The molecule has 0 saturated heterocycles. The first kappa shape index (κ1) is 17.0. The molecule has 0 bridgehead atoms. The summed E-state index contributed by atoms with van der Waals surface area (Å²) in [6, 6.07) is 1.01. The van der Waals surface area contributed by atoms with E-state index in [1.54, 1.807) is 26.8 Å². The first-order valence-electron chi connectivity index (χ1n) is 6.48. The lowest BCUT2D eigenvalue weighted by Crippen LogP contribution is -2.36. The number of carbonyl (C=O) groups excluding carboxylic acids is 2. The molecule has 1 aromatic heterocycles. The van der Waals surface area contributed by atoms with Gasteiger partial charge in [0.1, 0.15) is 13.4 Å². The number of methoxy groups -OCH3 is 1. The molecule has 0 saturated carbocycles. The minimum Gasteiger partial charge on any atom is -0.469 e. The second kappa shape index (κ2) is 7.10. The zero-order valence-electron chi connectivity index (χ0n) is 12.7. The summed E-state index contributed by atoms with van der Waals surface area (Å²) < 4.78 is 9.81. The van der Waals surface area contributed by atoms with E-state index in [0.29, 0.717) is 11.0 Å². The Morgan fingerprint density at radius 1 is 1.38 bits per heavy atom. The van der Waals surface area contributed by atoms with Crippen LogP contribution in [-0.4, -0.2) is 37.6 Å². The standard InChI is InChI=1S/C14H19BN2O4/c1-14(2,3)21-13(19)17-11(6-12(18)20-4)9-5-10(15)8-16-7-9/h5,7-8,11H,6H2,1-4H3,(H,17,19)/t11-/m0/s1. The zero-order valence-corrected chi connectivity index (χ0v) is 12.7. The molecule has 112 valence electrons. The lowest BCUT2D eigenvalue weighted by atomic mass is 9.94. The van der Waals surface area contributed by atoms with Gasteiger partial charge in [-0.25, -0.2) is 4.79 Å². The molecular formula is C14H19BN2O4. The summed E-state index contributed by atoms with van der Waals surface area (Å²) in [5.41, 5.74) is 0.410. The fourth-order valence-electron chi connectivity index (χ4n) is 1.62. The number of amides is 1. The highest BCUT2D eigenvalue weighted by molar-refractivity contribution is 6.32. The first-order chi connectivity index (χ1) is 9.71. The van der Waals surface area contributed by atoms with Crippen LogP contribution in [0.15, 0.2) is 18.5 Å². The fourth-order valence-corrected chi connectivity index (χ4v) is 1.62. The van der Waals surface area contributed by atoms with E-state index in [9.17, 15) is 9.59 Å². The van der Waals surface area contributed by atoms with Crippen LogP contribution in [-0.2, 0) is 14.3 Å². The molecule has 1 aromatic rings. The number of aromatic nitrogens is 1. The van der Waals surface area contributed by atoms with E-state index in [4.69, 9.17) is 12.6 Å². The molecule has 0 fully saturated rings. The van der Waals surface area contributed by atoms with E-state index in [1.165, 1.54) is 19.5 Å². The maximum Gasteiger partial charge on any atom is 0.408 e. The van der Waals surface area contributed by atoms with Gasteiger partial charge in [0.25, 0.3) is 0 Å². The number of esters is 1. The van der Waals surface area contributed by atoms with Crippen molar-refractivity contribution in [1.29, 1.82) is 0 Å². The van der Waals surface area contributed by atoms with Crippen molar-refractivity contribution >= 4 is 25.4 Å². The molecule has 0 aromatic carbocycles. The lowest BCUT2D eigenvalue weighted by Gasteiger charge is -2.23. The van der Waals surface area contributed by atoms with E-state index in [1.807, 2.05) is 0 Å².